The molecule has 7 heteroatoms. The maximum absolute atomic E-state index is 13.4. The molecule has 2 aliphatic rings. The normalized spacial score (nSPS) is 28.5. The third kappa shape index (κ3) is 3.27. The molecule has 1 aromatic heterocycles. The molecule has 4 rings (SSSR count). The third-order valence-electron chi connectivity index (χ3n) is 6.38. The lowest BCUT2D eigenvalue weighted by Gasteiger charge is -2.32. The van der Waals surface area contributed by atoms with Crippen LogP contribution in [-0.2, 0) is 19.2 Å². The van der Waals surface area contributed by atoms with Crippen LogP contribution in [0.25, 0.3) is 10.8 Å². The molecular formula is C23H26N2O5. The minimum Gasteiger partial charge on any atom is -0.433 e. The standard InChI is InChI=1S/C23H26N2O5/c1-4-23(28)16(12-20(27)29-23)11-19(26)22(14(2)3)13-18(25-30-22)21-17-8-6-5-7-15(17)9-10-24-21/h5-10,14,16,28H,4,11-13H2,1-3H3/t16-,22+,23+/m0/s1. The summed E-state index contributed by atoms with van der Waals surface area (Å²) in [6.45, 7) is 5.55. The molecule has 0 unspecified atom stereocenters. The van der Waals surface area contributed by atoms with Crippen LogP contribution >= 0.6 is 0 Å². The van der Waals surface area contributed by atoms with E-state index in [-0.39, 0.29) is 37.4 Å². The Morgan fingerprint density at radius 1 is 1.30 bits per heavy atom. The first-order valence-corrected chi connectivity index (χ1v) is 10.4. The molecule has 1 saturated heterocycles. The number of hydrogen-bond donors (Lipinski definition) is 1. The zero-order valence-corrected chi connectivity index (χ0v) is 17.4. The fourth-order valence-electron chi connectivity index (χ4n) is 4.38. The number of ketones is 1. The van der Waals surface area contributed by atoms with Crippen molar-refractivity contribution in [1.29, 1.82) is 0 Å². The number of carbonyl (C=O) groups excluding carboxylic acids is 2. The van der Waals surface area contributed by atoms with Crippen LogP contribution < -0.4 is 0 Å². The van der Waals surface area contributed by atoms with E-state index in [1.54, 1.807) is 13.1 Å². The second-order valence-corrected chi connectivity index (χ2v) is 8.43. The van der Waals surface area contributed by atoms with Crippen molar-refractivity contribution in [3.63, 3.8) is 0 Å². The van der Waals surface area contributed by atoms with E-state index in [4.69, 9.17) is 9.57 Å². The molecule has 0 saturated carbocycles. The van der Waals surface area contributed by atoms with Crippen LogP contribution in [0.5, 0.6) is 0 Å². The minimum atomic E-state index is -1.61. The summed E-state index contributed by atoms with van der Waals surface area (Å²) < 4.78 is 5.09. The van der Waals surface area contributed by atoms with Gasteiger partial charge in [0.2, 0.25) is 11.4 Å². The molecule has 30 heavy (non-hydrogen) atoms. The number of benzene rings is 1. The van der Waals surface area contributed by atoms with Gasteiger partial charge in [-0.25, -0.2) is 0 Å². The van der Waals surface area contributed by atoms with Crippen molar-refractivity contribution in [2.24, 2.45) is 17.0 Å². The van der Waals surface area contributed by atoms with E-state index in [0.29, 0.717) is 11.4 Å². The number of carbonyl (C=O) groups is 2. The lowest BCUT2D eigenvalue weighted by Crippen LogP contribution is -2.47. The topological polar surface area (TPSA) is 98.1 Å². The summed E-state index contributed by atoms with van der Waals surface area (Å²) >= 11 is 0. The Hall–Kier alpha value is -2.80. The lowest BCUT2D eigenvalue weighted by atomic mass is 9.77. The molecule has 158 valence electrons. The van der Waals surface area contributed by atoms with Gasteiger partial charge in [-0.1, -0.05) is 50.2 Å². The SMILES string of the molecule is CC[C@@]1(O)OC(=O)C[C@@H]1CC(=O)[C@]1(C(C)C)CC(c2nccc3ccccc23)=NO1. The van der Waals surface area contributed by atoms with Crippen molar-refractivity contribution < 1.29 is 24.3 Å². The number of ether oxygens (including phenoxy) is 1. The predicted molar refractivity (Wildman–Crippen MR) is 111 cm³/mol. The Morgan fingerprint density at radius 2 is 2.07 bits per heavy atom. The van der Waals surface area contributed by atoms with Crippen molar-refractivity contribution >= 4 is 28.2 Å². The molecule has 1 fully saturated rings. The first kappa shape index (κ1) is 20.5. The molecule has 1 N–H and O–H groups in total. The van der Waals surface area contributed by atoms with Gasteiger partial charge in [-0.2, -0.15) is 0 Å². The van der Waals surface area contributed by atoms with Gasteiger partial charge in [0.05, 0.1) is 12.1 Å². The molecule has 7 nitrogen and oxygen atoms in total. The highest BCUT2D eigenvalue weighted by Gasteiger charge is 2.54. The van der Waals surface area contributed by atoms with Crippen LogP contribution in [0, 0.1) is 11.8 Å². The van der Waals surface area contributed by atoms with Crippen LogP contribution in [0.2, 0.25) is 0 Å². The monoisotopic (exact) mass is 410 g/mol. The Balaban J connectivity index is 1.61. The maximum atomic E-state index is 13.4. The van der Waals surface area contributed by atoms with Gasteiger partial charge < -0.3 is 14.7 Å². The van der Waals surface area contributed by atoms with E-state index in [0.717, 1.165) is 10.8 Å². The quantitative estimate of drug-likeness (QED) is 0.733. The minimum absolute atomic E-state index is 0.0139. The molecule has 0 aliphatic carbocycles. The highest BCUT2D eigenvalue weighted by atomic mass is 16.7. The summed E-state index contributed by atoms with van der Waals surface area (Å²) in [7, 11) is 0. The first-order valence-electron chi connectivity index (χ1n) is 10.4. The number of rotatable bonds is 6. The molecular weight excluding hydrogens is 384 g/mol. The molecule has 2 aromatic rings. The predicted octanol–water partition coefficient (Wildman–Crippen LogP) is 3.37. The lowest BCUT2D eigenvalue weighted by molar-refractivity contribution is -0.204. The Bertz CT molecular complexity index is 1030. The van der Waals surface area contributed by atoms with Crippen molar-refractivity contribution in [2.75, 3.05) is 0 Å². The van der Waals surface area contributed by atoms with E-state index in [1.807, 2.05) is 44.2 Å². The van der Waals surface area contributed by atoms with Crippen molar-refractivity contribution in [2.45, 2.75) is 57.8 Å². The molecule has 3 atom stereocenters. The van der Waals surface area contributed by atoms with Crippen LogP contribution in [0.4, 0.5) is 0 Å². The third-order valence-corrected chi connectivity index (χ3v) is 6.38. The summed E-state index contributed by atoms with van der Waals surface area (Å²) in [6.07, 6.45) is 2.24. The van der Waals surface area contributed by atoms with E-state index >= 15 is 0 Å². The summed E-state index contributed by atoms with van der Waals surface area (Å²) in [4.78, 5) is 35.5. The number of Topliss-reactive ketones (excluding diaryl/α,β-unsaturated/α-hetero) is 1. The summed E-state index contributed by atoms with van der Waals surface area (Å²) in [6, 6.07) is 9.80. The molecule has 0 radical (unpaired) electrons. The second kappa shape index (κ2) is 7.47. The molecule has 1 aromatic carbocycles. The Kier molecular flexibility index (Phi) is 5.10. The van der Waals surface area contributed by atoms with Gasteiger partial charge >= 0.3 is 5.97 Å². The van der Waals surface area contributed by atoms with Crippen LogP contribution in [0.15, 0.2) is 41.7 Å². The highest BCUT2D eigenvalue weighted by molar-refractivity contribution is 6.12. The Morgan fingerprint density at radius 3 is 2.80 bits per heavy atom. The van der Waals surface area contributed by atoms with Crippen molar-refractivity contribution in [3.05, 3.63) is 42.2 Å². The van der Waals surface area contributed by atoms with Crippen LogP contribution in [0.1, 0.15) is 52.1 Å². The number of cyclic esters (lactones) is 1. The van der Waals surface area contributed by atoms with E-state index in [9.17, 15) is 14.7 Å². The van der Waals surface area contributed by atoms with Gasteiger partial charge in [0.15, 0.2) is 5.78 Å². The summed E-state index contributed by atoms with van der Waals surface area (Å²) in [5.41, 5.74) is 0.167. The first-order chi connectivity index (χ1) is 14.3. The van der Waals surface area contributed by atoms with Crippen molar-refractivity contribution in [3.8, 4) is 0 Å². The molecule has 0 bridgehead atoms. The average Bonchev–Trinajstić information content (AvgIpc) is 3.30. The number of oxime groups is 1. The molecule has 0 amide bonds. The largest absolute Gasteiger partial charge is 0.433 e. The van der Waals surface area contributed by atoms with Gasteiger partial charge in [0.1, 0.15) is 5.71 Å². The summed E-state index contributed by atoms with van der Waals surface area (Å²) in [5, 5.41) is 16.9. The van der Waals surface area contributed by atoms with E-state index < -0.39 is 23.3 Å². The number of aromatic nitrogens is 1. The number of pyridine rings is 1. The maximum Gasteiger partial charge on any atom is 0.308 e. The number of esters is 1. The zero-order chi connectivity index (χ0) is 21.5. The van der Waals surface area contributed by atoms with E-state index in [1.165, 1.54) is 0 Å². The molecule has 0 spiro atoms. The van der Waals surface area contributed by atoms with Gasteiger partial charge in [-0.05, 0) is 11.5 Å². The van der Waals surface area contributed by atoms with Crippen LogP contribution in [-0.4, -0.2) is 38.9 Å². The molecule has 3 heterocycles. The summed E-state index contributed by atoms with van der Waals surface area (Å²) in [5.74, 6) is -3.04. The number of aliphatic hydroxyl groups is 1. The zero-order valence-electron chi connectivity index (χ0n) is 17.4. The second-order valence-electron chi connectivity index (χ2n) is 8.43. The van der Waals surface area contributed by atoms with E-state index in [2.05, 4.69) is 10.1 Å². The highest BCUT2D eigenvalue weighted by Crippen LogP contribution is 2.41. The van der Waals surface area contributed by atoms with Gasteiger partial charge in [0, 0.05) is 42.7 Å². The van der Waals surface area contributed by atoms with Gasteiger partial charge in [-0.3, -0.25) is 14.6 Å². The fourth-order valence-corrected chi connectivity index (χ4v) is 4.38. The fraction of sp³-hybridized carbons (Fsp3) is 0.478. The molecule has 2 aliphatic heterocycles. The van der Waals surface area contributed by atoms with Crippen LogP contribution in [0.3, 0.4) is 0 Å². The Labute approximate surface area is 175 Å². The number of nitrogens with zero attached hydrogens (tertiary/aromatic N) is 2. The van der Waals surface area contributed by atoms with Crippen molar-refractivity contribution in [1.82, 2.24) is 4.98 Å². The average molecular weight is 410 g/mol. The number of fused-ring (bicyclic) bond motifs is 1. The van der Waals surface area contributed by atoms with Gasteiger partial charge in [0.25, 0.3) is 0 Å². The smallest absolute Gasteiger partial charge is 0.308 e. The van der Waals surface area contributed by atoms with Gasteiger partial charge in [-0.15, -0.1) is 0 Å². The number of hydrogen-bond acceptors (Lipinski definition) is 7.